The van der Waals surface area contributed by atoms with Gasteiger partial charge in [-0.15, -0.1) is 0 Å². The Hall–Kier alpha value is -0.740. The fourth-order valence-electron chi connectivity index (χ4n) is 2.75. The summed E-state index contributed by atoms with van der Waals surface area (Å²) in [5.74, 6) is 1.24. The second-order valence-corrected chi connectivity index (χ2v) is 7.73. The van der Waals surface area contributed by atoms with Crippen molar-refractivity contribution < 1.29 is 0 Å². The summed E-state index contributed by atoms with van der Waals surface area (Å²) in [4.78, 5) is 0. The summed E-state index contributed by atoms with van der Waals surface area (Å²) in [6, 6.07) is 8.47. The Bertz CT molecular complexity index is 439. The smallest absolute Gasteiger partial charge is 0.170 e. The number of anilines is 1. The van der Waals surface area contributed by atoms with Crippen LogP contribution in [0.25, 0.3) is 0 Å². The Balaban J connectivity index is 1.55. The fourth-order valence-corrected chi connectivity index (χ4v) is 4.29. The third-order valence-electron chi connectivity index (χ3n) is 4.13. The molecule has 2 nitrogen and oxygen atoms in total. The maximum absolute atomic E-state index is 5.34. The SMILES string of the molecule is CCc1ccc(NC(=S)NCCCSC2CCCCC2)cc1. The predicted octanol–water partition coefficient (Wildman–Crippen LogP) is 4.99. The summed E-state index contributed by atoms with van der Waals surface area (Å²) >= 11 is 7.50. The number of rotatable bonds is 7. The Morgan fingerprint density at radius 1 is 1.18 bits per heavy atom. The van der Waals surface area contributed by atoms with Gasteiger partial charge in [-0.3, -0.25) is 0 Å². The molecule has 0 heterocycles. The van der Waals surface area contributed by atoms with Crippen molar-refractivity contribution in [2.24, 2.45) is 0 Å². The lowest BCUT2D eigenvalue weighted by Crippen LogP contribution is -2.29. The lowest BCUT2D eigenvalue weighted by molar-refractivity contribution is 0.516. The van der Waals surface area contributed by atoms with Gasteiger partial charge in [0.2, 0.25) is 0 Å². The van der Waals surface area contributed by atoms with Gasteiger partial charge in [-0.1, -0.05) is 38.3 Å². The van der Waals surface area contributed by atoms with Crippen molar-refractivity contribution >= 4 is 34.8 Å². The van der Waals surface area contributed by atoms with E-state index < -0.39 is 0 Å². The van der Waals surface area contributed by atoms with Gasteiger partial charge in [0.1, 0.15) is 0 Å². The Morgan fingerprint density at radius 3 is 2.59 bits per heavy atom. The van der Waals surface area contributed by atoms with E-state index in [0.29, 0.717) is 0 Å². The molecular formula is C18H28N2S2. The third kappa shape index (κ3) is 6.57. The molecule has 0 radical (unpaired) electrons. The molecule has 0 spiro atoms. The summed E-state index contributed by atoms with van der Waals surface area (Å²) in [5.41, 5.74) is 2.41. The van der Waals surface area contributed by atoms with Crippen molar-refractivity contribution in [2.45, 2.75) is 57.1 Å². The molecule has 0 atom stereocenters. The minimum atomic E-state index is 0.729. The van der Waals surface area contributed by atoms with Crippen molar-refractivity contribution in [1.29, 1.82) is 0 Å². The van der Waals surface area contributed by atoms with Crippen LogP contribution < -0.4 is 10.6 Å². The number of hydrogen-bond acceptors (Lipinski definition) is 2. The first-order valence-electron chi connectivity index (χ1n) is 8.53. The molecule has 1 saturated carbocycles. The lowest BCUT2D eigenvalue weighted by Gasteiger charge is -2.20. The first kappa shape index (κ1) is 17.6. The van der Waals surface area contributed by atoms with Gasteiger partial charge in [0.05, 0.1) is 0 Å². The molecule has 4 heteroatoms. The second kappa shape index (κ2) is 10.1. The molecule has 22 heavy (non-hydrogen) atoms. The summed E-state index contributed by atoms with van der Waals surface area (Å²) in [6.07, 6.45) is 9.40. The molecule has 0 saturated heterocycles. The van der Waals surface area contributed by atoms with Crippen LogP contribution in [0.5, 0.6) is 0 Å². The van der Waals surface area contributed by atoms with Crippen molar-refractivity contribution in [3.8, 4) is 0 Å². The highest BCUT2D eigenvalue weighted by Gasteiger charge is 2.12. The Morgan fingerprint density at radius 2 is 1.91 bits per heavy atom. The van der Waals surface area contributed by atoms with Gasteiger partial charge in [-0.2, -0.15) is 11.8 Å². The van der Waals surface area contributed by atoms with E-state index in [2.05, 4.69) is 53.6 Å². The highest BCUT2D eigenvalue weighted by molar-refractivity contribution is 7.99. The number of nitrogens with one attached hydrogen (secondary N) is 2. The average molecular weight is 337 g/mol. The monoisotopic (exact) mass is 336 g/mol. The molecule has 122 valence electrons. The normalized spacial score (nSPS) is 15.5. The van der Waals surface area contributed by atoms with E-state index in [-0.39, 0.29) is 0 Å². The van der Waals surface area contributed by atoms with Gasteiger partial charge in [-0.25, -0.2) is 0 Å². The van der Waals surface area contributed by atoms with E-state index in [1.165, 1.54) is 49.8 Å². The minimum Gasteiger partial charge on any atom is -0.362 e. The highest BCUT2D eigenvalue weighted by atomic mass is 32.2. The minimum absolute atomic E-state index is 0.729. The van der Waals surface area contributed by atoms with Crippen LogP contribution in [-0.4, -0.2) is 22.7 Å². The zero-order valence-corrected chi connectivity index (χ0v) is 15.2. The molecule has 0 unspecified atom stereocenters. The van der Waals surface area contributed by atoms with Gasteiger partial charge in [0.15, 0.2) is 5.11 Å². The summed E-state index contributed by atoms with van der Waals surface area (Å²) in [5, 5.41) is 8.19. The number of aryl methyl sites for hydroxylation is 1. The maximum atomic E-state index is 5.34. The van der Waals surface area contributed by atoms with Crippen LogP contribution in [0.15, 0.2) is 24.3 Å². The van der Waals surface area contributed by atoms with E-state index >= 15 is 0 Å². The van der Waals surface area contributed by atoms with E-state index in [4.69, 9.17) is 12.2 Å². The van der Waals surface area contributed by atoms with Crippen molar-refractivity contribution in [3.05, 3.63) is 29.8 Å². The van der Waals surface area contributed by atoms with Crippen LogP contribution in [0.2, 0.25) is 0 Å². The van der Waals surface area contributed by atoms with E-state index in [0.717, 1.165) is 29.0 Å². The van der Waals surface area contributed by atoms with E-state index in [1.807, 2.05) is 0 Å². The van der Waals surface area contributed by atoms with Crippen molar-refractivity contribution in [2.75, 3.05) is 17.6 Å². The first-order valence-corrected chi connectivity index (χ1v) is 9.99. The first-order chi connectivity index (χ1) is 10.8. The van der Waals surface area contributed by atoms with Gasteiger partial charge in [0.25, 0.3) is 0 Å². The molecule has 0 amide bonds. The van der Waals surface area contributed by atoms with E-state index in [1.54, 1.807) is 0 Å². The van der Waals surface area contributed by atoms with E-state index in [9.17, 15) is 0 Å². The molecule has 0 bridgehead atoms. The lowest BCUT2D eigenvalue weighted by atomic mass is 10.0. The summed E-state index contributed by atoms with van der Waals surface area (Å²) in [7, 11) is 0. The predicted molar refractivity (Wildman–Crippen MR) is 104 cm³/mol. The Labute approximate surface area is 144 Å². The van der Waals surface area contributed by atoms with Crippen LogP contribution in [-0.2, 0) is 6.42 Å². The molecule has 1 aromatic carbocycles. The van der Waals surface area contributed by atoms with Crippen LogP contribution >= 0.6 is 24.0 Å². The fraction of sp³-hybridized carbons (Fsp3) is 0.611. The quantitative estimate of drug-likeness (QED) is 0.541. The van der Waals surface area contributed by atoms with Gasteiger partial charge < -0.3 is 10.6 Å². The molecule has 2 N–H and O–H groups in total. The highest BCUT2D eigenvalue weighted by Crippen LogP contribution is 2.28. The molecule has 1 aliphatic rings. The van der Waals surface area contributed by atoms with Crippen LogP contribution in [0.4, 0.5) is 5.69 Å². The zero-order chi connectivity index (χ0) is 15.6. The van der Waals surface area contributed by atoms with Crippen LogP contribution in [0.3, 0.4) is 0 Å². The second-order valence-electron chi connectivity index (χ2n) is 5.92. The molecule has 1 fully saturated rings. The summed E-state index contributed by atoms with van der Waals surface area (Å²) < 4.78 is 0. The number of thiocarbonyl (C=S) groups is 1. The van der Waals surface area contributed by atoms with Crippen LogP contribution in [0, 0.1) is 0 Å². The maximum Gasteiger partial charge on any atom is 0.170 e. The molecule has 2 rings (SSSR count). The number of thioether (sulfide) groups is 1. The topological polar surface area (TPSA) is 24.1 Å². The summed E-state index contributed by atoms with van der Waals surface area (Å²) in [6.45, 7) is 3.12. The molecule has 1 aliphatic carbocycles. The van der Waals surface area contributed by atoms with Crippen molar-refractivity contribution in [1.82, 2.24) is 5.32 Å². The molecular weight excluding hydrogens is 308 g/mol. The molecule has 0 aromatic heterocycles. The Kier molecular flexibility index (Phi) is 8.10. The third-order valence-corrected chi connectivity index (χ3v) is 5.85. The average Bonchev–Trinajstić information content (AvgIpc) is 2.56. The number of benzene rings is 1. The van der Waals surface area contributed by atoms with Gasteiger partial charge in [0, 0.05) is 17.5 Å². The van der Waals surface area contributed by atoms with Crippen LogP contribution in [0.1, 0.15) is 51.0 Å². The van der Waals surface area contributed by atoms with Crippen molar-refractivity contribution in [3.63, 3.8) is 0 Å². The zero-order valence-electron chi connectivity index (χ0n) is 13.6. The standard InChI is InChI=1S/C18H28N2S2/c1-2-15-9-11-16(12-10-15)20-18(21)19-13-6-14-22-17-7-4-3-5-8-17/h9-12,17H,2-8,13-14H2,1H3,(H2,19,20,21). The van der Waals surface area contributed by atoms with Gasteiger partial charge in [-0.05, 0) is 61.4 Å². The molecule has 1 aromatic rings. The largest absolute Gasteiger partial charge is 0.362 e. The molecule has 0 aliphatic heterocycles. The number of hydrogen-bond donors (Lipinski definition) is 2. The van der Waals surface area contributed by atoms with Gasteiger partial charge >= 0.3 is 0 Å².